The van der Waals surface area contributed by atoms with Crippen molar-refractivity contribution in [2.45, 2.75) is 11.8 Å². The number of nitrogens with zero attached hydrogens (tertiary/aromatic N) is 3. The average Bonchev–Trinajstić information content (AvgIpc) is 2.78. The van der Waals surface area contributed by atoms with E-state index in [0.717, 1.165) is 6.26 Å². The minimum atomic E-state index is -3.54. The number of sulfonamides is 1. The van der Waals surface area contributed by atoms with Crippen LogP contribution < -0.4 is 4.72 Å². The SMILES string of the molecule is CS(=O)(=O)Nc1cccc(CC(c2ccc(F)cc2)(c2cccnc2)c2cccnc2F)n1. The van der Waals surface area contributed by atoms with Crippen molar-refractivity contribution >= 4 is 15.8 Å². The van der Waals surface area contributed by atoms with Gasteiger partial charge in [-0.05, 0) is 47.5 Å². The molecule has 1 unspecified atom stereocenters. The van der Waals surface area contributed by atoms with Crippen LogP contribution in [0.25, 0.3) is 0 Å². The maximum absolute atomic E-state index is 15.2. The standard InChI is InChI=1S/C24H20F2N4O2S/c1-33(31,32)30-22-8-2-6-20(29-22)15-24(18-5-3-13-27-16-18,17-9-11-19(25)12-10-17)21-7-4-14-28-23(21)26/h2-14,16H,15H2,1H3,(H,29,30). The lowest BCUT2D eigenvalue weighted by Crippen LogP contribution is -2.34. The number of rotatable bonds is 7. The van der Waals surface area contributed by atoms with Crippen LogP contribution >= 0.6 is 0 Å². The normalized spacial score (nSPS) is 13.3. The van der Waals surface area contributed by atoms with Crippen LogP contribution in [-0.2, 0) is 21.9 Å². The van der Waals surface area contributed by atoms with Gasteiger partial charge in [0.25, 0.3) is 0 Å². The van der Waals surface area contributed by atoms with Crippen LogP contribution in [0.2, 0.25) is 0 Å². The number of benzene rings is 1. The van der Waals surface area contributed by atoms with Crippen LogP contribution in [-0.4, -0.2) is 29.6 Å². The molecule has 1 atom stereocenters. The zero-order valence-electron chi connectivity index (χ0n) is 17.6. The van der Waals surface area contributed by atoms with Gasteiger partial charge < -0.3 is 0 Å². The van der Waals surface area contributed by atoms with E-state index >= 15 is 4.39 Å². The predicted molar refractivity (Wildman–Crippen MR) is 121 cm³/mol. The second-order valence-electron chi connectivity index (χ2n) is 7.56. The van der Waals surface area contributed by atoms with Gasteiger partial charge in [0.1, 0.15) is 11.6 Å². The lowest BCUT2D eigenvalue weighted by molar-refractivity contribution is 0.507. The summed E-state index contributed by atoms with van der Waals surface area (Å²) in [5.74, 6) is -0.972. The van der Waals surface area contributed by atoms with Gasteiger partial charge in [0.15, 0.2) is 0 Å². The molecule has 3 heterocycles. The smallest absolute Gasteiger partial charge is 0.230 e. The van der Waals surface area contributed by atoms with Crippen LogP contribution in [0.4, 0.5) is 14.6 Å². The number of hydrogen-bond acceptors (Lipinski definition) is 5. The van der Waals surface area contributed by atoms with Crippen molar-refractivity contribution in [1.82, 2.24) is 15.0 Å². The van der Waals surface area contributed by atoms with Gasteiger partial charge in [0, 0.05) is 36.3 Å². The van der Waals surface area contributed by atoms with Gasteiger partial charge in [-0.2, -0.15) is 4.39 Å². The lowest BCUT2D eigenvalue weighted by atomic mass is 9.67. The highest BCUT2D eigenvalue weighted by Gasteiger charge is 2.40. The Hall–Kier alpha value is -3.72. The van der Waals surface area contributed by atoms with E-state index in [1.165, 1.54) is 24.4 Å². The highest BCUT2D eigenvalue weighted by atomic mass is 32.2. The quantitative estimate of drug-likeness (QED) is 0.415. The van der Waals surface area contributed by atoms with Crippen LogP contribution in [0.1, 0.15) is 22.4 Å². The lowest BCUT2D eigenvalue weighted by Gasteiger charge is -2.35. The Morgan fingerprint density at radius 1 is 0.909 bits per heavy atom. The fraction of sp³-hybridized carbons (Fsp3) is 0.125. The fourth-order valence-electron chi connectivity index (χ4n) is 3.93. The molecule has 0 aliphatic rings. The molecular formula is C24H20F2N4O2S. The van der Waals surface area contributed by atoms with Gasteiger partial charge in [-0.25, -0.2) is 22.8 Å². The highest BCUT2D eigenvalue weighted by molar-refractivity contribution is 7.92. The van der Waals surface area contributed by atoms with Gasteiger partial charge in [-0.15, -0.1) is 0 Å². The summed E-state index contributed by atoms with van der Waals surface area (Å²) in [6, 6.07) is 17.5. The zero-order chi connectivity index (χ0) is 23.5. The van der Waals surface area contributed by atoms with Gasteiger partial charge in [-0.3, -0.25) is 9.71 Å². The Bertz CT molecular complexity index is 1370. The summed E-state index contributed by atoms with van der Waals surface area (Å²) < 4.78 is 54.8. The Balaban J connectivity index is 1.97. The molecule has 4 rings (SSSR count). The van der Waals surface area contributed by atoms with Crippen molar-refractivity contribution in [3.05, 3.63) is 119 Å². The summed E-state index contributed by atoms with van der Waals surface area (Å²) in [6.45, 7) is 0. The number of aromatic nitrogens is 3. The minimum absolute atomic E-state index is 0.131. The second kappa shape index (κ2) is 9.03. The summed E-state index contributed by atoms with van der Waals surface area (Å²) in [7, 11) is -3.54. The third-order valence-electron chi connectivity index (χ3n) is 5.25. The first kappa shape index (κ1) is 22.5. The zero-order valence-corrected chi connectivity index (χ0v) is 18.4. The van der Waals surface area contributed by atoms with Gasteiger partial charge in [0.2, 0.25) is 16.0 Å². The topological polar surface area (TPSA) is 84.8 Å². The number of anilines is 1. The van der Waals surface area contributed by atoms with E-state index in [0.29, 0.717) is 16.8 Å². The Labute approximate surface area is 190 Å². The van der Waals surface area contributed by atoms with Crippen molar-refractivity contribution in [2.24, 2.45) is 0 Å². The molecule has 0 bridgehead atoms. The van der Waals surface area contributed by atoms with Crippen molar-refractivity contribution in [1.29, 1.82) is 0 Å². The summed E-state index contributed by atoms with van der Waals surface area (Å²) in [5, 5.41) is 0. The summed E-state index contributed by atoms with van der Waals surface area (Å²) in [4.78, 5) is 12.5. The monoisotopic (exact) mass is 466 g/mol. The van der Waals surface area contributed by atoms with Crippen LogP contribution in [0.15, 0.2) is 85.3 Å². The molecule has 4 aromatic rings. The van der Waals surface area contributed by atoms with E-state index in [1.54, 1.807) is 60.9 Å². The van der Waals surface area contributed by atoms with Gasteiger partial charge in [-0.1, -0.05) is 30.3 Å². The van der Waals surface area contributed by atoms with E-state index in [2.05, 4.69) is 19.7 Å². The first-order valence-electron chi connectivity index (χ1n) is 9.99. The van der Waals surface area contributed by atoms with Crippen molar-refractivity contribution in [3.63, 3.8) is 0 Å². The van der Waals surface area contributed by atoms with Crippen molar-refractivity contribution in [2.75, 3.05) is 11.0 Å². The van der Waals surface area contributed by atoms with Crippen molar-refractivity contribution < 1.29 is 17.2 Å². The maximum atomic E-state index is 15.2. The predicted octanol–water partition coefficient (Wildman–Crippen LogP) is 4.10. The van der Waals surface area contributed by atoms with Crippen LogP contribution in [0.5, 0.6) is 0 Å². The molecule has 33 heavy (non-hydrogen) atoms. The molecule has 0 amide bonds. The molecule has 0 saturated carbocycles. The molecule has 168 valence electrons. The van der Waals surface area contributed by atoms with Gasteiger partial charge in [0.05, 0.1) is 11.7 Å². The first-order chi connectivity index (χ1) is 15.8. The number of hydrogen-bond donors (Lipinski definition) is 1. The molecular weight excluding hydrogens is 446 g/mol. The van der Waals surface area contributed by atoms with Crippen LogP contribution in [0, 0.1) is 11.8 Å². The minimum Gasteiger partial charge on any atom is -0.268 e. The van der Waals surface area contributed by atoms with Gasteiger partial charge >= 0.3 is 0 Å². The molecule has 0 aliphatic carbocycles. The van der Waals surface area contributed by atoms with E-state index in [4.69, 9.17) is 0 Å². The average molecular weight is 467 g/mol. The van der Waals surface area contributed by atoms with E-state index in [9.17, 15) is 12.8 Å². The molecule has 0 aliphatic heterocycles. The summed E-state index contributed by atoms with van der Waals surface area (Å²) >= 11 is 0. The maximum Gasteiger partial charge on any atom is 0.230 e. The molecule has 9 heteroatoms. The fourth-order valence-corrected chi connectivity index (χ4v) is 4.42. The number of pyridine rings is 3. The summed E-state index contributed by atoms with van der Waals surface area (Å²) in [5.41, 5.74) is 0.823. The molecule has 3 aromatic heterocycles. The highest BCUT2D eigenvalue weighted by Crippen LogP contribution is 2.42. The first-order valence-corrected chi connectivity index (χ1v) is 11.9. The van der Waals surface area contributed by atoms with Crippen molar-refractivity contribution in [3.8, 4) is 0 Å². The third kappa shape index (κ3) is 4.88. The second-order valence-corrected chi connectivity index (χ2v) is 9.31. The number of halogens is 2. The van der Waals surface area contributed by atoms with E-state index in [1.807, 2.05) is 0 Å². The Kier molecular flexibility index (Phi) is 6.15. The molecule has 0 fully saturated rings. The Morgan fingerprint density at radius 3 is 2.33 bits per heavy atom. The van der Waals surface area contributed by atoms with E-state index in [-0.39, 0.29) is 17.8 Å². The molecule has 0 spiro atoms. The largest absolute Gasteiger partial charge is 0.268 e. The molecule has 1 aromatic carbocycles. The molecule has 6 nitrogen and oxygen atoms in total. The Morgan fingerprint density at radius 2 is 1.67 bits per heavy atom. The summed E-state index contributed by atoms with van der Waals surface area (Å²) in [6.07, 6.45) is 5.74. The molecule has 1 N–H and O–H groups in total. The number of nitrogens with one attached hydrogen (secondary N) is 1. The van der Waals surface area contributed by atoms with E-state index < -0.39 is 27.2 Å². The van der Waals surface area contributed by atoms with Crippen LogP contribution in [0.3, 0.4) is 0 Å². The third-order valence-corrected chi connectivity index (χ3v) is 5.83. The molecule has 0 saturated heterocycles. The molecule has 0 radical (unpaired) electrons.